The molecule has 0 radical (unpaired) electrons. The zero-order chi connectivity index (χ0) is 14.4. The maximum Gasteiger partial charge on any atom is 0.0515 e. The summed E-state index contributed by atoms with van der Waals surface area (Å²) in [6.07, 6.45) is 5.56. The van der Waals surface area contributed by atoms with Crippen molar-refractivity contribution < 1.29 is 10.2 Å². The molecule has 3 nitrogen and oxygen atoms in total. The maximum absolute atomic E-state index is 9.49. The minimum atomic E-state index is -0.152. The molecule has 1 aromatic heterocycles. The fourth-order valence-corrected chi connectivity index (χ4v) is 5.92. The van der Waals surface area contributed by atoms with E-state index in [1.54, 1.807) is 4.88 Å². The van der Waals surface area contributed by atoms with Crippen molar-refractivity contribution in [1.29, 1.82) is 0 Å². The number of nitrogens with zero attached hydrogens (tertiary/aromatic N) is 1. The summed E-state index contributed by atoms with van der Waals surface area (Å²) in [7, 11) is 0. The Hall–Kier alpha value is -0.420. The molecule has 4 heteroatoms. The molecule has 0 aromatic carbocycles. The van der Waals surface area contributed by atoms with Crippen molar-refractivity contribution in [1.82, 2.24) is 4.90 Å². The van der Waals surface area contributed by atoms with Crippen LogP contribution in [0, 0.1) is 17.3 Å². The van der Waals surface area contributed by atoms with Crippen LogP contribution in [-0.4, -0.2) is 41.4 Å². The summed E-state index contributed by atoms with van der Waals surface area (Å²) < 4.78 is 0. The first kappa shape index (κ1) is 14.2. The third kappa shape index (κ3) is 2.27. The Labute approximate surface area is 130 Å². The molecule has 2 aliphatic carbocycles. The normalized spacial score (nSPS) is 31.7. The van der Waals surface area contributed by atoms with Gasteiger partial charge in [0.25, 0.3) is 0 Å². The number of hydrogen-bond donors (Lipinski definition) is 2. The first-order chi connectivity index (χ1) is 10.3. The van der Waals surface area contributed by atoms with Crippen LogP contribution < -0.4 is 0 Å². The third-order valence-corrected chi connectivity index (χ3v) is 7.40. The van der Waals surface area contributed by atoms with E-state index in [9.17, 15) is 10.2 Å². The lowest BCUT2D eigenvalue weighted by Crippen LogP contribution is -2.31. The van der Waals surface area contributed by atoms with Gasteiger partial charge < -0.3 is 10.2 Å². The Kier molecular flexibility index (Phi) is 3.61. The summed E-state index contributed by atoms with van der Waals surface area (Å²) in [6, 6.07) is 4.66. The highest BCUT2D eigenvalue weighted by Crippen LogP contribution is 2.62. The fraction of sp³-hybridized carbons (Fsp3) is 0.765. The average molecular weight is 307 g/mol. The summed E-state index contributed by atoms with van der Waals surface area (Å²) in [5.41, 5.74) is -0.152. The van der Waals surface area contributed by atoms with Gasteiger partial charge in [0.1, 0.15) is 0 Å². The van der Waals surface area contributed by atoms with Crippen molar-refractivity contribution in [2.45, 2.75) is 38.1 Å². The van der Waals surface area contributed by atoms with Gasteiger partial charge >= 0.3 is 0 Å². The van der Waals surface area contributed by atoms with E-state index in [0.717, 1.165) is 25.6 Å². The molecule has 2 atom stereocenters. The first-order valence-electron chi connectivity index (χ1n) is 8.29. The minimum absolute atomic E-state index is 0.150. The number of likely N-dealkylation sites (tertiary alicyclic amines) is 1. The van der Waals surface area contributed by atoms with E-state index in [0.29, 0.717) is 11.8 Å². The van der Waals surface area contributed by atoms with Gasteiger partial charge in [0.05, 0.1) is 13.2 Å². The Morgan fingerprint density at radius 2 is 1.76 bits per heavy atom. The van der Waals surface area contributed by atoms with Gasteiger partial charge in [-0.25, -0.2) is 0 Å². The molecule has 4 rings (SSSR count). The standard InChI is InChI=1S/C17H25NO2S/c19-10-17(11-20)14-8-18(9-15(14)17)7-13-5-6-16(21-13)12-3-1-2-4-12/h5-6,12,14-15,19-20H,1-4,7-11H2. The smallest absolute Gasteiger partial charge is 0.0515 e. The quantitative estimate of drug-likeness (QED) is 0.878. The van der Waals surface area contributed by atoms with Crippen LogP contribution in [0.4, 0.5) is 0 Å². The lowest BCUT2D eigenvalue weighted by Gasteiger charge is -2.23. The van der Waals surface area contributed by atoms with Crippen molar-refractivity contribution in [3.05, 3.63) is 21.9 Å². The van der Waals surface area contributed by atoms with Crippen molar-refractivity contribution in [3.63, 3.8) is 0 Å². The van der Waals surface area contributed by atoms with Crippen molar-refractivity contribution in [2.24, 2.45) is 17.3 Å². The number of aliphatic hydroxyl groups excluding tert-OH is 2. The second-order valence-corrected chi connectivity index (χ2v) is 8.44. The monoisotopic (exact) mass is 307 g/mol. The second-order valence-electron chi connectivity index (χ2n) is 7.24. The first-order valence-corrected chi connectivity index (χ1v) is 9.11. The number of piperidine rings is 1. The summed E-state index contributed by atoms with van der Waals surface area (Å²) >= 11 is 2.00. The summed E-state index contributed by atoms with van der Waals surface area (Å²) in [6.45, 7) is 3.44. The zero-order valence-corrected chi connectivity index (χ0v) is 13.3. The Morgan fingerprint density at radius 1 is 1.10 bits per heavy atom. The predicted molar refractivity (Wildman–Crippen MR) is 84.4 cm³/mol. The summed E-state index contributed by atoms with van der Waals surface area (Å²) in [4.78, 5) is 5.58. The number of thiophene rings is 1. The van der Waals surface area contributed by atoms with Crippen LogP contribution in [0.25, 0.3) is 0 Å². The van der Waals surface area contributed by atoms with E-state index in [4.69, 9.17) is 0 Å². The van der Waals surface area contributed by atoms with Crippen molar-refractivity contribution >= 4 is 11.3 Å². The molecule has 0 bridgehead atoms. The van der Waals surface area contributed by atoms with Crippen molar-refractivity contribution in [3.8, 4) is 0 Å². The lowest BCUT2D eigenvalue weighted by atomic mass is 10.0. The van der Waals surface area contributed by atoms with Crippen molar-refractivity contribution in [2.75, 3.05) is 26.3 Å². The van der Waals surface area contributed by atoms with E-state index < -0.39 is 0 Å². The molecule has 1 aromatic rings. The number of fused-ring (bicyclic) bond motifs is 1. The molecule has 2 heterocycles. The van der Waals surface area contributed by atoms with Crippen LogP contribution in [-0.2, 0) is 6.54 Å². The van der Waals surface area contributed by atoms with Crippen LogP contribution >= 0.6 is 11.3 Å². The molecule has 2 saturated carbocycles. The largest absolute Gasteiger partial charge is 0.396 e. The van der Waals surface area contributed by atoms with E-state index >= 15 is 0 Å². The van der Waals surface area contributed by atoms with Gasteiger partial charge in [0, 0.05) is 34.8 Å². The van der Waals surface area contributed by atoms with Crippen LogP contribution in [0.3, 0.4) is 0 Å². The average Bonchev–Trinajstić information content (AvgIpc) is 3.07. The number of hydrogen-bond acceptors (Lipinski definition) is 4. The highest BCUT2D eigenvalue weighted by molar-refractivity contribution is 7.12. The Bertz CT molecular complexity index is 491. The molecule has 2 N–H and O–H groups in total. The van der Waals surface area contributed by atoms with Crippen LogP contribution in [0.1, 0.15) is 41.4 Å². The lowest BCUT2D eigenvalue weighted by molar-refractivity contribution is 0.0870. The van der Waals surface area contributed by atoms with Gasteiger partial charge in [-0.1, -0.05) is 12.8 Å². The molecule has 2 unspecified atom stereocenters. The molecule has 1 aliphatic heterocycles. The molecular weight excluding hydrogens is 282 g/mol. The topological polar surface area (TPSA) is 43.7 Å². The molecule has 1 saturated heterocycles. The second kappa shape index (κ2) is 5.34. The SMILES string of the molecule is OCC1(CO)C2CN(Cc3ccc(C4CCCC4)s3)CC21. The van der Waals surface area contributed by atoms with E-state index in [1.807, 2.05) is 11.3 Å². The minimum Gasteiger partial charge on any atom is -0.396 e. The Balaban J connectivity index is 1.34. The van der Waals surface area contributed by atoms with Crippen LogP contribution in [0.5, 0.6) is 0 Å². The highest BCUT2D eigenvalue weighted by atomic mass is 32.1. The highest BCUT2D eigenvalue weighted by Gasteiger charge is 2.67. The Morgan fingerprint density at radius 3 is 2.38 bits per heavy atom. The molecule has 3 aliphatic rings. The number of rotatable bonds is 5. The van der Waals surface area contributed by atoms with Gasteiger partial charge in [0.2, 0.25) is 0 Å². The van der Waals surface area contributed by atoms with Gasteiger partial charge in [-0.3, -0.25) is 4.90 Å². The van der Waals surface area contributed by atoms with Gasteiger partial charge in [-0.2, -0.15) is 0 Å². The maximum atomic E-state index is 9.49. The molecule has 0 spiro atoms. The van der Waals surface area contributed by atoms with E-state index in [-0.39, 0.29) is 18.6 Å². The van der Waals surface area contributed by atoms with Crippen LogP contribution in [0.2, 0.25) is 0 Å². The summed E-state index contributed by atoms with van der Waals surface area (Å²) in [5.74, 6) is 1.86. The molecule has 0 amide bonds. The zero-order valence-electron chi connectivity index (χ0n) is 12.5. The van der Waals surface area contributed by atoms with Gasteiger partial charge in [-0.05, 0) is 42.7 Å². The van der Waals surface area contributed by atoms with Gasteiger partial charge in [0.15, 0.2) is 0 Å². The molecule has 3 fully saturated rings. The fourth-order valence-electron chi connectivity index (χ4n) is 4.70. The third-order valence-electron chi connectivity index (χ3n) is 6.17. The number of aliphatic hydroxyl groups is 2. The summed E-state index contributed by atoms with van der Waals surface area (Å²) in [5, 5.41) is 19.0. The van der Waals surface area contributed by atoms with E-state index in [2.05, 4.69) is 17.0 Å². The van der Waals surface area contributed by atoms with E-state index in [1.165, 1.54) is 30.6 Å². The predicted octanol–water partition coefficient (Wildman–Crippen LogP) is 2.44. The molecule has 116 valence electrons. The van der Waals surface area contributed by atoms with Gasteiger partial charge in [-0.15, -0.1) is 11.3 Å². The van der Waals surface area contributed by atoms with Crippen LogP contribution in [0.15, 0.2) is 12.1 Å². The molecular formula is C17H25NO2S. The molecule has 21 heavy (non-hydrogen) atoms.